The number of aromatic nitrogens is 1. The van der Waals surface area contributed by atoms with Crippen LogP contribution in [0.3, 0.4) is 0 Å². The van der Waals surface area contributed by atoms with Gasteiger partial charge >= 0.3 is 0 Å². The molecule has 0 amide bonds. The van der Waals surface area contributed by atoms with Gasteiger partial charge in [0.2, 0.25) is 6.08 Å². The number of hydrogen-bond donors (Lipinski definition) is 0. The maximum absolute atomic E-state index is 9.59. The molecule has 1 rings (SSSR count). The van der Waals surface area contributed by atoms with Crippen LogP contribution in [0.25, 0.3) is 0 Å². The molecule has 0 aliphatic rings. The van der Waals surface area contributed by atoms with Gasteiger partial charge in [-0.05, 0) is 0 Å². The Hall–Kier alpha value is -1.12. The fourth-order valence-electron chi connectivity index (χ4n) is 0.337. The molecular formula is C4HClN2O2. The van der Waals surface area contributed by atoms with E-state index in [0.717, 1.165) is 0 Å². The van der Waals surface area contributed by atoms with Crippen LogP contribution in [-0.4, -0.2) is 11.2 Å². The molecule has 4 nitrogen and oxygen atoms in total. The van der Waals surface area contributed by atoms with Crippen molar-refractivity contribution in [2.75, 3.05) is 0 Å². The highest BCUT2D eigenvalue weighted by Gasteiger charge is 2.00. The molecule has 1 aromatic heterocycles. The predicted octanol–water partition coefficient (Wildman–Crippen LogP) is 1.30. The monoisotopic (exact) mass is 144 g/mol. The SMILES string of the molecule is O=C=Nc1oncc1Cl. The molecule has 1 heterocycles. The topological polar surface area (TPSA) is 55.5 Å². The van der Waals surface area contributed by atoms with Gasteiger partial charge in [0.15, 0.2) is 0 Å². The summed E-state index contributed by atoms with van der Waals surface area (Å²) in [6.07, 6.45) is 2.52. The fourth-order valence-corrected chi connectivity index (χ4v) is 0.453. The molecule has 1 aromatic rings. The molecule has 0 aliphatic heterocycles. The van der Waals surface area contributed by atoms with Crippen molar-refractivity contribution in [3.63, 3.8) is 0 Å². The molecule has 9 heavy (non-hydrogen) atoms. The molecule has 0 aromatic carbocycles. The highest BCUT2D eigenvalue weighted by Crippen LogP contribution is 2.22. The van der Waals surface area contributed by atoms with Crippen LogP contribution in [0.15, 0.2) is 15.7 Å². The van der Waals surface area contributed by atoms with E-state index in [1.165, 1.54) is 12.3 Å². The van der Waals surface area contributed by atoms with Crippen molar-refractivity contribution < 1.29 is 9.32 Å². The van der Waals surface area contributed by atoms with E-state index in [2.05, 4.69) is 14.7 Å². The van der Waals surface area contributed by atoms with Crippen LogP contribution in [0.5, 0.6) is 0 Å². The number of hydrogen-bond acceptors (Lipinski definition) is 4. The lowest BCUT2D eigenvalue weighted by Gasteiger charge is -1.73. The number of rotatable bonds is 1. The average molecular weight is 145 g/mol. The van der Waals surface area contributed by atoms with Crippen LogP contribution in [-0.2, 0) is 4.79 Å². The first-order chi connectivity index (χ1) is 4.34. The van der Waals surface area contributed by atoms with Crippen molar-refractivity contribution in [1.82, 2.24) is 5.16 Å². The smallest absolute Gasteiger partial charge is 0.279 e. The lowest BCUT2D eigenvalue weighted by Crippen LogP contribution is -1.53. The van der Waals surface area contributed by atoms with E-state index < -0.39 is 0 Å². The third-order valence-corrected chi connectivity index (χ3v) is 0.916. The van der Waals surface area contributed by atoms with Gasteiger partial charge in [-0.3, -0.25) is 0 Å². The summed E-state index contributed by atoms with van der Waals surface area (Å²) in [6.45, 7) is 0. The van der Waals surface area contributed by atoms with Crippen molar-refractivity contribution >= 4 is 23.6 Å². The second kappa shape index (κ2) is 2.44. The summed E-state index contributed by atoms with van der Waals surface area (Å²) in [4.78, 5) is 12.7. The van der Waals surface area contributed by atoms with Gasteiger partial charge in [0, 0.05) is 0 Å². The van der Waals surface area contributed by atoms with Gasteiger partial charge in [0.05, 0.1) is 6.20 Å². The van der Waals surface area contributed by atoms with Gasteiger partial charge in [-0.2, -0.15) is 0 Å². The summed E-state index contributed by atoms with van der Waals surface area (Å²) in [7, 11) is 0. The highest BCUT2D eigenvalue weighted by atomic mass is 35.5. The van der Waals surface area contributed by atoms with Crippen LogP contribution in [0, 0.1) is 0 Å². The zero-order valence-corrected chi connectivity index (χ0v) is 4.92. The molecule has 0 N–H and O–H groups in total. The molecule has 0 bridgehead atoms. The van der Waals surface area contributed by atoms with Crippen LogP contribution in [0.2, 0.25) is 5.02 Å². The number of aliphatic imine (C=N–C) groups is 1. The summed E-state index contributed by atoms with van der Waals surface area (Å²) in [5.41, 5.74) is 0. The van der Waals surface area contributed by atoms with Crippen molar-refractivity contribution in [3.05, 3.63) is 11.2 Å². The van der Waals surface area contributed by atoms with Gasteiger partial charge in [0.25, 0.3) is 5.88 Å². The third kappa shape index (κ3) is 1.16. The van der Waals surface area contributed by atoms with Gasteiger partial charge < -0.3 is 4.52 Å². The minimum atomic E-state index is -0.00772. The molecular weight excluding hydrogens is 144 g/mol. The summed E-state index contributed by atoms with van der Waals surface area (Å²) >= 11 is 5.39. The van der Waals surface area contributed by atoms with Crippen LogP contribution in [0.4, 0.5) is 5.88 Å². The van der Waals surface area contributed by atoms with Gasteiger partial charge in [-0.15, -0.1) is 4.99 Å². The van der Waals surface area contributed by atoms with E-state index in [0.29, 0.717) is 0 Å². The molecule has 0 saturated heterocycles. The van der Waals surface area contributed by atoms with Crippen LogP contribution < -0.4 is 0 Å². The molecule has 0 radical (unpaired) electrons. The largest absolute Gasteiger partial charge is 0.334 e. The summed E-state index contributed by atoms with van der Waals surface area (Å²) < 4.78 is 4.39. The Bertz CT molecular complexity index is 251. The Morgan fingerprint density at radius 3 is 3.11 bits per heavy atom. The summed E-state index contributed by atoms with van der Waals surface area (Å²) in [6, 6.07) is 0. The first-order valence-electron chi connectivity index (χ1n) is 2.02. The molecule has 0 atom stereocenters. The first-order valence-corrected chi connectivity index (χ1v) is 2.40. The predicted molar refractivity (Wildman–Crippen MR) is 29.3 cm³/mol. The third-order valence-electron chi connectivity index (χ3n) is 0.657. The van der Waals surface area contributed by atoms with Crippen molar-refractivity contribution in [2.45, 2.75) is 0 Å². The number of carbonyl (C=O) groups excluding carboxylic acids is 1. The summed E-state index contributed by atoms with van der Waals surface area (Å²) in [5.74, 6) is -0.00772. The average Bonchev–Trinajstić information content (AvgIpc) is 2.18. The van der Waals surface area contributed by atoms with Gasteiger partial charge in [-0.25, -0.2) is 4.79 Å². The Kier molecular flexibility index (Phi) is 1.63. The maximum atomic E-state index is 9.59. The van der Waals surface area contributed by atoms with Gasteiger partial charge in [-0.1, -0.05) is 16.8 Å². The minimum absolute atomic E-state index is 0.00772. The second-order valence-corrected chi connectivity index (χ2v) is 1.59. The standard InChI is InChI=1S/C4HClN2O2/c5-3-1-7-9-4(3)6-2-8/h1H. The van der Waals surface area contributed by atoms with Crippen molar-refractivity contribution in [3.8, 4) is 0 Å². The van der Waals surface area contributed by atoms with E-state index in [-0.39, 0.29) is 10.9 Å². The Balaban J connectivity index is 3.07. The van der Waals surface area contributed by atoms with E-state index in [9.17, 15) is 4.79 Å². The molecule has 0 fully saturated rings. The number of halogens is 1. The first kappa shape index (κ1) is 6.01. The lowest BCUT2D eigenvalue weighted by atomic mass is 10.7. The summed E-state index contributed by atoms with van der Waals surface area (Å²) in [5, 5.41) is 3.47. The molecule has 0 saturated carbocycles. The van der Waals surface area contributed by atoms with Crippen molar-refractivity contribution in [1.29, 1.82) is 0 Å². The van der Waals surface area contributed by atoms with Crippen molar-refractivity contribution in [2.24, 2.45) is 4.99 Å². The quantitative estimate of drug-likeness (QED) is 0.441. The molecule has 0 spiro atoms. The normalized spacial score (nSPS) is 8.56. The number of nitrogens with zero attached hydrogens (tertiary/aromatic N) is 2. The zero-order valence-electron chi connectivity index (χ0n) is 4.17. The van der Waals surface area contributed by atoms with E-state index >= 15 is 0 Å². The molecule has 46 valence electrons. The Morgan fingerprint density at radius 1 is 1.89 bits per heavy atom. The Labute approximate surface area is 55.1 Å². The van der Waals surface area contributed by atoms with E-state index in [1.807, 2.05) is 0 Å². The molecule has 5 heteroatoms. The molecule has 0 aliphatic carbocycles. The fraction of sp³-hybridized carbons (Fsp3) is 0. The highest BCUT2D eigenvalue weighted by molar-refractivity contribution is 6.32. The zero-order chi connectivity index (χ0) is 6.69. The Morgan fingerprint density at radius 2 is 2.67 bits per heavy atom. The number of isocyanates is 1. The van der Waals surface area contributed by atoms with Crippen LogP contribution >= 0.6 is 11.6 Å². The molecule has 0 unspecified atom stereocenters. The van der Waals surface area contributed by atoms with Gasteiger partial charge in [0.1, 0.15) is 5.02 Å². The van der Waals surface area contributed by atoms with Crippen LogP contribution in [0.1, 0.15) is 0 Å². The van der Waals surface area contributed by atoms with E-state index in [1.54, 1.807) is 0 Å². The minimum Gasteiger partial charge on any atom is -0.334 e. The maximum Gasteiger partial charge on any atom is 0.279 e. The van der Waals surface area contributed by atoms with E-state index in [4.69, 9.17) is 11.6 Å². The second-order valence-electron chi connectivity index (χ2n) is 1.18. The lowest BCUT2D eigenvalue weighted by molar-refractivity contribution is 0.429.